The van der Waals surface area contributed by atoms with Gasteiger partial charge in [0.25, 0.3) is 0 Å². The molecule has 1 heterocycles. The molecule has 3 unspecified atom stereocenters. The minimum atomic E-state index is 0.196. The summed E-state index contributed by atoms with van der Waals surface area (Å²) in [7, 11) is 0. The van der Waals surface area contributed by atoms with E-state index in [1.165, 1.54) is 19.3 Å². The van der Waals surface area contributed by atoms with Crippen LogP contribution in [0.5, 0.6) is 0 Å². The van der Waals surface area contributed by atoms with Crippen LogP contribution in [-0.2, 0) is 0 Å². The Morgan fingerprint density at radius 3 is 2.85 bits per heavy atom. The Labute approximate surface area is 79.8 Å². The van der Waals surface area contributed by atoms with E-state index in [4.69, 9.17) is 5.73 Å². The van der Waals surface area contributed by atoms with Gasteiger partial charge in [-0.15, -0.1) is 0 Å². The fourth-order valence-corrected chi connectivity index (χ4v) is 2.69. The van der Waals surface area contributed by atoms with E-state index < -0.39 is 0 Å². The number of nitrogens with zero attached hydrogens (tertiary/aromatic N) is 1. The number of nitrogens with two attached hydrogens (primary N) is 1. The van der Waals surface area contributed by atoms with Crippen molar-refractivity contribution in [2.75, 3.05) is 6.54 Å². The average molecular weight is 181 g/mol. The summed E-state index contributed by atoms with van der Waals surface area (Å²) in [5.74, 6) is 2.15. The van der Waals surface area contributed by atoms with E-state index >= 15 is 0 Å². The van der Waals surface area contributed by atoms with Crippen molar-refractivity contribution in [3.63, 3.8) is 0 Å². The van der Waals surface area contributed by atoms with Crippen molar-refractivity contribution in [3.05, 3.63) is 0 Å². The highest BCUT2D eigenvalue weighted by molar-refractivity contribution is 5.80. The second-order valence-electron chi connectivity index (χ2n) is 4.77. The second-order valence-corrected chi connectivity index (χ2v) is 4.77. The molecule has 1 aliphatic carbocycles. The van der Waals surface area contributed by atoms with Crippen molar-refractivity contribution in [3.8, 4) is 0 Å². The Morgan fingerprint density at radius 2 is 2.23 bits per heavy atom. The van der Waals surface area contributed by atoms with Gasteiger partial charge in [0, 0.05) is 0 Å². The third kappa shape index (κ3) is 1.40. The maximum Gasteiger partial charge on any atom is 0.189 e. The normalized spacial score (nSPS) is 44.6. The van der Waals surface area contributed by atoms with Crippen molar-refractivity contribution < 1.29 is 0 Å². The predicted octanol–water partition coefficient (Wildman–Crippen LogP) is 1.10. The summed E-state index contributed by atoms with van der Waals surface area (Å²) in [6.07, 6.45) is 3.87. The van der Waals surface area contributed by atoms with Crippen LogP contribution in [0.2, 0.25) is 0 Å². The van der Waals surface area contributed by atoms with E-state index in [9.17, 15) is 0 Å². The molecule has 1 fully saturated rings. The van der Waals surface area contributed by atoms with Gasteiger partial charge in [-0.2, -0.15) is 0 Å². The van der Waals surface area contributed by atoms with Crippen LogP contribution in [0.4, 0.5) is 0 Å². The molecule has 3 atom stereocenters. The van der Waals surface area contributed by atoms with E-state index in [-0.39, 0.29) is 5.54 Å². The quantitative estimate of drug-likeness (QED) is 0.588. The SMILES string of the molecule is CC1CCC(C)C2(CN=C(N)N2)C1. The Morgan fingerprint density at radius 1 is 1.46 bits per heavy atom. The summed E-state index contributed by atoms with van der Waals surface area (Å²) < 4.78 is 0. The molecular formula is C10H19N3. The minimum Gasteiger partial charge on any atom is -0.370 e. The van der Waals surface area contributed by atoms with Gasteiger partial charge in [-0.1, -0.05) is 20.3 Å². The molecule has 1 spiro atoms. The Hall–Kier alpha value is -0.730. The summed E-state index contributed by atoms with van der Waals surface area (Å²) in [6.45, 7) is 5.52. The van der Waals surface area contributed by atoms with E-state index in [1.807, 2.05) is 0 Å². The number of nitrogens with one attached hydrogen (secondary N) is 1. The van der Waals surface area contributed by atoms with Gasteiger partial charge in [-0.3, -0.25) is 4.99 Å². The zero-order valence-corrected chi connectivity index (χ0v) is 8.51. The van der Waals surface area contributed by atoms with Crippen LogP contribution < -0.4 is 11.1 Å². The number of hydrogen-bond donors (Lipinski definition) is 2. The molecule has 74 valence electrons. The van der Waals surface area contributed by atoms with Crippen molar-refractivity contribution in [1.29, 1.82) is 0 Å². The summed E-state index contributed by atoms with van der Waals surface area (Å²) in [5, 5.41) is 3.38. The third-order valence-electron chi connectivity index (χ3n) is 3.66. The maximum absolute atomic E-state index is 5.69. The molecule has 1 aliphatic heterocycles. The smallest absolute Gasteiger partial charge is 0.189 e. The highest BCUT2D eigenvalue weighted by atomic mass is 15.2. The number of aliphatic imine (C=N–C) groups is 1. The molecule has 3 nitrogen and oxygen atoms in total. The summed E-state index contributed by atoms with van der Waals surface area (Å²) in [6, 6.07) is 0. The molecule has 1 saturated carbocycles. The van der Waals surface area contributed by atoms with Gasteiger partial charge in [0.1, 0.15) is 0 Å². The molecule has 0 aromatic heterocycles. The molecule has 2 aliphatic rings. The summed E-state index contributed by atoms with van der Waals surface area (Å²) in [4.78, 5) is 4.28. The first-order chi connectivity index (χ1) is 6.12. The molecule has 0 saturated heterocycles. The molecule has 13 heavy (non-hydrogen) atoms. The van der Waals surface area contributed by atoms with Gasteiger partial charge < -0.3 is 11.1 Å². The van der Waals surface area contributed by atoms with Crippen LogP contribution in [0.3, 0.4) is 0 Å². The lowest BCUT2D eigenvalue weighted by molar-refractivity contribution is 0.157. The maximum atomic E-state index is 5.69. The van der Waals surface area contributed by atoms with E-state index in [1.54, 1.807) is 0 Å². The topological polar surface area (TPSA) is 50.4 Å². The number of rotatable bonds is 0. The Balaban J connectivity index is 2.12. The van der Waals surface area contributed by atoms with Crippen LogP contribution in [0.25, 0.3) is 0 Å². The predicted molar refractivity (Wildman–Crippen MR) is 54.5 cm³/mol. The van der Waals surface area contributed by atoms with E-state index in [2.05, 4.69) is 24.2 Å². The van der Waals surface area contributed by atoms with Gasteiger partial charge in [0.05, 0.1) is 12.1 Å². The summed E-state index contributed by atoms with van der Waals surface area (Å²) in [5.41, 5.74) is 5.88. The molecule has 0 aromatic rings. The van der Waals surface area contributed by atoms with Crippen molar-refractivity contribution >= 4 is 5.96 Å². The first-order valence-electron chi connectivity index (χ1n) is 5.20. The van der Waals surface area contributed by atoms with Crippen LogP contribution in [0.15, 0.2) is 4.99 Å². The molecule has 0 bridgehead atoms. The van der Waals surface area contributed by atoms with Crippen molar-refractivity contribution in [2.24, 2.45) is 22.6 Å². The van der Waals surface area contributed by atoms with Gasteiger partial charge in [0.2, 0.25) is 0 Å². The number of hydrogen-bond acceptors (Lipinski definition) is 3. The lowest BCUT2D eigenvalue weighted by Gasteiger charge is -2.42. The van der Waals surface area contributed by atoms with Crippen molar-refractivity contribution in [2.45, 2.75) is 38.6 Å². The first kappa shape index (κ1) is 8.85. The van der Waals surface area contributed by atoms with Crippen LogP contribution in [0.1, 0.15) is 33.1 Å². The monoisotopic (exact) mass is 181 g/mol. The van der Waals surface area contributed by atoms with Crippen LogP contribution in [-0.4, -0.2) is 18.0 Å². The molecule has 2 rings (SSSR count). The van der Waals surface area contributed by atoms with Gasteiger partial charge >= 0.3 is 0 Å². The lowest BCUT2D eigenvalue weighted by Crippen LogP contribution is -2.55. The molecular weight excluding hydrogens is 162 g/mol. The number of guanidine groups is 1. The van der Waals surface area contributed by atoms with E-state index in [0.29, 0.717) is 11.9 Å². The van der Waals surface area contributed by atoms with Gasteiger partial charge in [0.15, 0.2) is 5.96 Å². The standard InChI is InChI=1S/C10H19N3/c1-7-3-4-8(2)10(5-7)6-12-9(11)13-10/h7-8H,3-6H2,1-2H3,(H3,11,12,13). The minimum absolute atomic E-state index is 0.196. The average Bonchev–Trinajstić information content (AvgIpc) is 2.42. The van der Waals surface area contributed by atoms with E-state index in [0.717, 1.165) is 12.5 Å². The molecule has 0 radical (unpaired) electrons. The molecule has 0 aromatic carbocycles. The Bertz CT molecular complexity index is 236. The van der Waals surface area contributed by atoms with Crippen LogP contribution in [0, 0.1) is 11.8 Å². The fraction of sp³-hybridized carbons (Fsp3) is 0.900. The van der Waals surface area contributed by atoms with Crippen LogP contribution >= 0.6 is 0 Å². The molecule has 3 N–H and O–H groups in total. The largest absolute Gasteiger partial charge is 0.370 e. The lowest BCUT2D eigenvalue weighted by atomic mass is 9.70. The second kappa shape index (κ2) is 2.89. The highest BCUT2D eigenvalue weighted by Crippen LogP contribution is 2.38. The zero-order chi connectivity index (χ0) is 9.47. The first-order valence-corrected chi connectivity index (χ1v) is 5.20. The molecule has 0 amide bonds. The summed E-state index contributed by atoms with van der Waals surface area (Å²) >= 11 is 0. The van der Waals surface area contributed by atoms with Crippen molar-refractivity contribution in [1.82, 2.24) is 5.32 Å². The fourth-order valence-electron chi connectivity index (χ4n) is 2.69. The van der Waals surface area contributed by atoms with Gasteiger partial charge in [-0.05, 0) is 24.7 Å². The zero-order valence-electron chi connectivity index (χ0n) is 8.51. The van der Waals surface area contributed by atoms with Gasteiger partial charge in [-0.25, -0.2) is 0 Å². The Kier molecular flexibility index (Phi) is 1.97. The highest BCUT2D eigenvalue weighted by Gasteiger charge is 2.43. The molecule has 3 heteroatoms. The third-order valence-corrected chi connectivity index (χ3v) is 3.66.